The highest BCUT2D eigenvalue weighted by atomic mass is 32.2. The second-order valence-corrected chi connectivity index (χ2v) is 5.92. The zero-order valence-corrected chi connectivity index (χ0v) is 11.8. The van der Waals surface area contributed by atoms with E-state index in [1.807, 2.05) is 0 Å². The maximum atomic E-state index is 11.3. The summed E-state index contributed by atoms with van der Waals surface area (Å²) < 4.78 is 5.13. The lowest BCUT2D eigenvalue weighted by Crippen LogP contribution is -2.25. The molecule has 21 heavy (non-hydrogen) atoms. The number of hydrogen-bond donors (Lipinski definition) is 2. The molecule has 0 radical (unpaired) electrons. The highest BCUT2D eigenvalue weighted by Crippen LogP contribution is 2.41. The lowest BCUT2D eigenvalue weighted by atomic mass is 10.2. The maximum absolute atomic E-state index is 11.3. The molecule has 0 aliphatic carbocycles. The molecule has 1 aromatic rings. The number of carboxylic acid groups (broad SMARTS) is 1. The number of amides is 1. The van der Waals surface area contributed by atoms with Crippen LogP contribution in [0.25, 0.3) is 0 Å². The number of carbonyl (C=O) groups excluding carboxylic acids is 1. The van der Waals surface area contributed by atoms with E-state index in [-0.39, 0.29) is 35.6 Å². The number of aliphatic carboxylic acids is 1. The fraction of sp³-hybridized carbons (Fsp3) is 0.333. The number of ether oxygens (including phenoxy) is 1. The molecule has 1 heterocycles. The highest BCUT2D eigenvalue weighted by Gasteiger charge is 2.25. The van der Waals surface area contributed by atoms with Crippen molar-refractivity contribution in [2.45, 2.75) is 23.5 Å². The summed E-state index contributed by atoms with van der Waals surface area (Å²) in [5.41, 5.74) is 0.175. The molecule has 0 fully saturated rings. The van der Waals surface area contributed by atoms with Gasteiger partial charge in [-0.3, -0.25) is 19.7 Å². The zero-order valence-electron chi connectivity index (χ0n) is 11.0. The Balaban J connectivity index is 2.34. The summed E-state index contributed by atoms with van der Waals surface area (Å²) in [6.45, 7) is 1.48. The summed E-state index contributed by atoms with van der Waals surface area (Å²) in [7, 11) is 0. The largest absolute Gasteiger partial charge is 0.481 e. The van der Waals surface area contributed by atoms with Crippen molar-refractivity contribution >= 4 is 35.0 Å². The van der Waals surface area contributed by atoms with Crippen LogP contribution in [0.4, 0.5) is 11.4 Å². The second-order valence-electron chi connectivity index (χ2n) is 4.44. The summed E-state index contributed by atoms with van der Waals surface area (Å²) in [6, 6.07) is 2.68. The first-order chi connectivity index (χ1) is 9.86. The molecule has 112 valence electrons. The van der Waals surface area contributed by atoms with Crippen LogP contribution in [0.3, 0.4) is 0 Å². The van der Waals surface area contributed by atoms with E-state index in [0.29, 0.717) is 10.6 Å². The number of fused-ring (bicyclic) bond motifs is 1. The van der Waals surface area contributed by atoms with Crippen molar-refractivity contribution in [3.8, 4) is 5.75 Å². The highest BCUT2D eigenvalue weighted by molar-refractivity contribution is 8.00. The maximum Gasteiger partial charge on any atom is 0.304 e. The average molecular weight is 312 g/mol. The molecule has 9 heteroatoms. The molecule has 2 N–H and O–H groups in total. The van der Waals surface area contributed by atoms with Crippen LogP contribution in [-0.4, -0.2) is 33.8 Å². The quantitative estimate of drug-likeness (QED) is 0.484. The number of nitrogens with one attached hydrogen (secondary N) is 1. The predicted octanol–water partition coefficient (Wildman–Crippen LogP) is 1.88. The van der Waals surface area contributed by atoms with Gasteiger partial charge in [-0.05, 0) is 6.07 Å². The van der Waals surface area contributed by atoms with E-state index >= 15 is 0 Å². The summed E-state index contributed by atoms with van der Waals surface area (Å²) in [5, 5.41) is 22.1. The van der Waals surface area contributed by atoms with Gasteiger partial charge >= 0.3 is 5.97 Å². The first-order valence-electron chi connectivity index (χ1n) is 6.00. The van der Waals surface area contributed by atoms with Crippen molar-refractivity contribution in [1.82, 2.24) is 0 Å². The van der Waals surface area contributed by atoms with E-state index in [4.69, 9.17) is 9.84 Å². The molecule has 1 unspecified atom stereocenters. The summed E-state index contributed by atoms with van der Waals surface area (Å²) >= 11 is 1.07. The third-order valence-corrected chi connectivity index (χ3v) is 3.83. The number of rotatable bonds is 5. The number of carboxylic acids is 1. The Morgan fingerprint density at radius 3 is 2.95 bits per heavy atom. The molecule has 1 aromatic carbocycles. The van der Waals surface area contributed by atoms with Gasteiger partial charge in [0.15, 0.2) is 12.4 Å². The van der Waals surface area contributed by atoms with Crippen LogP contribution < -0.4 is 10.1 Å². The third kappa shape index (κ3) is 3.63. The molecule has 0 spiro atoms. The van der Waals surface area contributed by atoms with Crippen LogP contribution in [0.1, 0.15) is 13.3 Å². The third-order valence-electron chi connectivity index (χ3n) is 2.68. The van der Waals surface area contributed by atoms with Crippen LogP contribution in [-0.2, 0) is 9.59 Å². The minimum Gasteiger partial charge on any atom is -0.481 e. The molecule has 0 aromatic heterocycles. The Labute approximate surface area is 123 Å². The van der Waals surface area contributed by atoms with Crippen LogP contribution in [0.2, 0.25) is 0 Å². The van der Waals surface area contributed by atoms with Gasteiger partial charge in [-0.1, -0.05) is 6.92 Å². The SMILES string of the molecule is CC(CC(=O)O)Sc1cc2c(cc1[N+](=O)[O-])OCC(=O)N2. The molecule has 1 aliphatic rings. The van der Waals surface area contributed by atoms with Gasteiger partial charge in [0.05, 0.1) is 28.0 Å². The number of nitrogens with zero attached hydrogens (tertiary/aromatic N) is 1. The standard InChI is InChI=1S/C12H12N2O6S/c1-6(2-12(16)17)21-10-3-7-9(4-8(10)14(18)19)20-5-11(15)13-7/h3-4,6H,2,5H2,1H3,(H,13,15)(H,16,17). The lowest BCUT2D eigenvalue weighted by molar-refractivity contribution is -0.387. The Hall–Kier alpha value is -2.29. The minimum absolute atomic E-state index is 0.123. The Kier molecular flexibility index (Phi) is 4.32. The number of anilines is 1. The Morgan fingerprint density at radius 1 is 1.62 bits per heavy atom. The van der Waals surface area contributed by atoms with Gasteiger partial charge in [0.1, 0.15) is 0 Å². The van der Waals surface area contributed by atoms with Gasteiger partial charge in [0.25, 0.3) is 11.6 Å². The van der Waals surface area contributed by atoms with Crippen molar-refractivity contribution in [3.05, 3.63) is 22.2 Å². The predicted molar refractivity (Wildman–Crippen MR) is 74.8 cm³/mol. The molecule has 1 atom stereocenters. The second kappa shape index (κ2) is 6.00. The van der Waals surface area contributed by atoms with Crippen molar-refractivity contribution < 1.29 is 24.4 Å². The lowest BCUT2D eigenvalue weighted by Gasteiger charge is -2.19. The number of nitro benzene ring substituents is 1. The molecule has 1 amide bonds. The van der Waals surface area contributed by atoms with Crippen LogP contribution in [0, 0.1) is 10.1 Å². The summed E-state index contributed by atoms with van der Waals surface area (Å²) in [5.74, 6) is -1.09. The van der Waals surface area contributed by atoms with E-state index in [2.05, 4.69) is 5.32 Å². The van der Waals surface area contributed by atoms with E-state index in [1.165, 1.54) is 12.1 Å². The topological polar surface area (TPSA) is 119 Å². The van der Waals surface area contributed by atoms with Crippen molar-refractivity contribution in [2.75, 3.05) is 11.9 Å². The van der Waals surface area contributed by atoms with Gasteiger partial charge in [0.2, 0.25) is 0 Å². The minimum atomic E-state index is -0.979. The molecule has 8 nitrogen and oxygen atoms in total. The molecular formula is C12H12N2O6S. The average Bonchev–Trinajstić information content (AvgIpc) is 2.36. The van der Waals surface area contributed by atoms with E-state index in [9.17, 15) is 19.7 Å². The van der Waals surface area contributed by atoms with Gasteiger partial charge in [-0.15, -0.1) is 11.8 Å². The van der Waals surface area contributed by atoms with Crippen LogP contribution in [0.15, 0.2) is 17.0 Å². The smallest absolute Gasteiger partial charge is 0.304 e. The van der Waals surface area contributed by atoms with Gasteiger partial charge in [-0.2, -0.15) is 0 Å². The van der Waals surface area contributed by atoms with Crippen molar-refractivity contribution in [3.63, 3.8) is 0 Å². The summed E-state index contributed by atoms with van der Waals surface area (Å²) in [6.07, 6.45) is -0.123. The van der Waals surface area contributed by atoms with Crippen LogP contribution >= 0.6 is 11.8 Å². The Morgan fingerprint density at radius 2 is 2.33 bits per heavy atom. The van der Waals surface area contributed by atoms with Crippen LogP contribution in [0.5, 0.6) is 5.75 Å². The van der Waals surface area contributed by atoms with Crippen molar-refractivity contribution in [2.24, 2.45) is 0 Å². The zero-order chi connectivity index (χ0) is 15.6. The fourth-order valence-corrected chi connectivity index (χ4v) is 2.94. The summed E-state index contributed by atoms with van der Waals surface area (Å²) in [4.78, 5) is 32.8. The first-order valence-corrected chi connectivity index (χ1v) is 6.88. The molecule has 0 bridgehead atoms. The van der Waals surface area contributed by atoms with Gasteiger partial charge < -0.3 is 15.2 Å². The molecule has 1 aliphatic heterocycles. The van der Waals surface area contributed by atoms with Gasteiger partial charge in [0, 0.05) is 5.25 Å². The van der Waals surface area contributed by atoms with Gasteiger partial charge in [-0.25, -0.2) is 0 Å². The van der Waals surface area contributed by atoms with Crippen molar-refractivity contribution in [1.29, 1.82) is 0 Å². The van der Waals surface area contributed by atoms with E-state index < -0.39 is 10.9 Å². The molecule has 0 saturated heterocycles. The number of thioether (sulfide) groups is 1. The number of nitro groups is 1. The van der Waals surface area contributed by atoms with E-state index in [0.717, 1.165) is 11.8 Å². The normalized spacial score (nSPS) is 14.6. The number of hydrogen-bond acceptors (Lipinski definition) is 6. The number of carbonyl (C=O) groups is 2. The number of benzene rings is 1. The molecule has 0 saturated carbocycles. The van der Waals surface area contributed by atoms with E-state index in [1.54, 1.807) is 6.92 Å². The molecular weight excluding hydrogens is 300 g/mol. The first kappa shape index (κ1) is 15.1. The monoisotopic (exact) mass is 312 g/mol. The fourth-order valence-electron chi connectivity index (χ4n) is 1.84. The molecule has 2 rings (SSSR count). The Bertz CT molecular complexity index is 618.